The van der Waals surface area contributed by atoms with Gasteiger partial charge >= 0.3 is 12.1 Å². The van der Waals surface area contributed by atoms with Crippen LogP contribution >= 0.6 is 0 Å². The van der Waals surface area contributed by atoms with E-state index in [1.54, 1.807) is 0 Å². The minimum absolute atomic E-state index is 0.496. The smallest absolute Gasteiger partial charge is 0.417 e. The topological polar surface area (TPSA) is 125 Å². The summed E-state index contributed by atoms with van der Waals surface area (Å²) in [7, 11) is -4.52. The summed E-state index contributed by atoms with van der Waals surface area (Å²) in [5.74, 6) is -1.58. The maximum absolute atomic E-state index is 13.0. The number of sulfonamides is 1. The number of hydrogen-bond acceptors (Lipinski definition) is 6. The first kappa shape index (κ1) is 23.6. The van der Waals surface area contributed by atoms with Crippen molar-refractivity contribution in [3.05, 3.63) is 29.8 Å². The summed E-state index contributed by atoms with van der Waals surface area (Å²) in [5.41, 5.74) is -2.29. The fourth-order valence-corrected chi connectivity index (χ4v) is 4.32. The van der Waals surface area contributed by atoms with E-state index < -0.39 is 63.6 Å². The molecule has 1 saturated carbocycles. The number of esters is 1. The summed E-state index contributed by atoms with van der Waals surface area (Å²) >= 11 is 0. The molecule has 2 N–H and O–H groups in total. The highest BCUT2D eigenvalue weighted by Gasteiger charge is 2.37. The lowest BCUT2D eigenvalue weighted by Crippen LogP contribution is -2.46. The number of ether oxygens (including phenoxy) is 1. The third-order valence-corrected chi connectivity index (χ3v) is 6.04. The summed E-state index contributed by atoms with van der Waals surface area (Å²) in [4.78, 5) is 22.6. The molecule has 1 aromatic carbocycles. The Morgan fingerprint density at radius 2 is 1.83 bits per heavy atom. The first-order chi connectivity index (χ1) is 14.0. The molecule has 30 heavy (non-hydrogen) atoms. The number of hydrogen-bond donors (Lipinski definition) is 2. The summed E-state index contributed by atoms with van der Waals surface area (Å²) < 4.78 is 69.9. The van der Waals surface area contributed by atoms with Crippen LogP contribution in [0.4, 0.5) is 13.2 Å². The Labute approximate surface area is 171 Å². The number of nitrogens with zero attached hydrogens (tertiary/aromatic N) is 1. The fraction of sp³-hybridized carbons (Fsp3) is 0.500. The summed E-state index contributed by atoms with van der Waals surface area (Å²) in [6, 6.07) is 5.70. The maximum Gasteiger partial charge on any atom is 0.417 e. The van der Waals surface area contributed by atoms with E-state index in [0.29, 0.717) is 18.9 Å². The van der Waals surface area contributed by atoms with Crippen LogP contribution in [0.25, 0.3) is 0 Å². The maximum atomic E-state index is 13.0. The molecule has 0 atom stereocenters. The van der Waals surface area contributed by atoms with Gasteiger partial charge in [0.2, 0.25) is 10.0 Å². The van der Waals surface area contributed by atoms with Gasteiger partial charge in [-0.15, -0.1) is 0 Å². The zero-order chi connectivity index (χ0) is 22.4. The van der Waals surface area contributed by atoms with Crippen molar-refractivity contribution < 1.29 is 35.9 Å². The molecule has 0 spiro atoms. The van der Waals surface area contributed by atoms with Crippen molar-refractivity contribution in [2.75, 3.05) is 13.2 Å². The summed E-state index contributed by atoms with van der Waals surface area (Å²) in [6.45, 7) is -1.16. The van der Waals surface area contributed by atoms with Crippen molar-refractivity contribution in [2.45, 2.75) is 48.7 Å². The molecule has 0 heterocycles. The first-order valence-corrected chi connectivity index (χ1v) is 10.5. The molecule has 0 aliphatic heterocycles. The molecule has 12 heteroatoms. The van der Waals surface area contributed by atoms with Gasteiger partial charge < -0.3 is 10.1 Å². The average Bonchev–Trinajstić information content (AvgIpc) is 3.14. The van der Waals surface area contributed by atoms with Crippen molar-refractivity contribution in [3.8, 4) is 6.07 Å². The Balaban J connectivity index is 1.83. The number of nitrogens with one attached hydrogen (secondary N) is 2. The number of rotatable bonds is 8. The van der Waals surface area contributed by atoms with Crippen LogP contribution < -0.4 is 10.0 Å². The minimum Gasteiger partial charge on any atom is -0.456 e. The normalized spacial score (nSPS) is 15.9. The van der Waals surface area contributed by atoms with Crippen molar-refractivity contribution in [1.29, 1.82) is 5.26 Å². The molecule has 0 saturated heterocycles. The molecule has 2 rings (SSSR count). The Morgan fingerprint density at radius 3 is 2.43 bits per heavy atom. The largest absolute Gasteiger partial charge is 0.456 e. The third kappa shape index (κ3) is 6.17. The van der Waals surface area contributed by atoms with Crippen LogP contribution in [0.3, 0.4) is 0 Å². The van der Waals surface area contributed by atoms with Gasteiger partial charge in [-0.2, -0.15) is 18.4 Å². The zero-order valence-corrected chi connectivity index (χ0v) is 16.6. The summed E-state index contributed by atoms with van der Waals surface area (Å²) in [5, 5.41) is 11.7. The van der Waals surface area contributed by atoms with Crippen molar-refractivity contribution in [3.63, 3.8) is 0 Å². The standard InChI is InChI=1S/C18H20F3N3O5S/c19-18(20,21)13-5-1-2-6-14(13)30(27,28)23-10-7-16(26)29-11-15(25)24-17(12-22)8-3-4-9-17/h1-2,5-6,23H,3-4,7-11H2,(H,24,25). The number of benzene rings is 1. The molecule has 1 aliphatic carbocycles. The molecule has 1 fully saturated rings. The molecular weight excluding hydrogens is 427 g/mol. The van der Waals surface area contributed by atoms with Gasteiger partial charge in [-0.05, 0) is 37.8 Å². The second-order valence-electron chi connectivity index (χ2n) is 6.75. The van der Waals surface area contributed by atoms with E-state index in [4.69, 9.17) is 4.74 Å². The molecule has 0 bridgehead atoms. The Hall–Kier alpha value is -2.65. The van der Waals surface area contributed by atoms with Crippen molar-refractivity contribution in [2.24, 2.45) is 0 Å². The molecule has 0 radical (unpaired) electrons. The van der Waals surface area contributed by atoms with Crippen LogP contribution in [0.1, 0.15) is 37.7 Å². The monoisotopic (exact) mass is 447 g/mol. The Morgan fingerprint density at radius 1 is 1.20 bits per heavy atom. The van der Waals surface area contributed by atoms with Gasteiger partial charge in [-0.25, -0.2) is 13.1 Å². The number of amides is 1. The van der Waals surface area contributed by atoms with E-state index in [1.807, 2.05) is 10.8 Å². The number of alkyl halides is 3. The Bertz CT molecular complexity index is 935. The number of carbonyl (C=O) groups is 2. The second kappa shape index (κ2) is 9.44. The van der Waals surface area contributed by atoms with Crippen LogP contribution in [0.5, 0.6) is 0 Å². The highest BCUT2D eigenvalue weighted by molar-refractivity contribution is 7.89. The van der Waals surface area contributed by atoms with E-state index in [-0.39, 0.29) is 0 Å². The molecule has 0 unspecified atom stereocenters. The van der Waals surface area contributed by atoms with E-state index in [1.165, 1.54) is 0 Å². The van der Waals surface area contributed by atoms with Crippen LogP contribution in [-0.2, 0) is 30.5 Å². The minimum atomic E-state index is -4.86. The van der Waals surface area contributed by atoms with E-state index in [9.17, 15) is 36.4 Å². The lowest BCUT2D eigenvalue weighted by molar-refractivity contribution is -0.148. The summed E-state index contributed by atoms with van der Waals surface area (Å²) in [6.07, 6.45) is -2.76. The molecule has 1 aromatic rings. The highest BCUT2D eigenvalue weighted by Crippen LogP contribution is 2.33. The highest BCUT2D eigenvalue weighted by atomic mass is 32.2. The molecule has 8 nitrogen and oxygen atoms in total. The van der Waals surface area contributed by atoms with Crippen molar-refractivity contribution in [1.82, 2.24) is 10.0 Å². The van der Waals surface area contributed by atoms with Gasteiger partial charge in [0, 0.05) is 6.54 Å². The van der Waals surface area contributed by atoms with Gasteiger partial charge in [-0.3, -0.25) is 9.59 Å². The predicted octanol–water partition coefficient (Wildman–Crippen LogP) is 1.87. The van der Waals surface area contributed by atoms with E-state index >= 15 is 0 Å². The van der Waals surface area contributed by atoms with Gasteiger partial charge in [0.05, 0.1) is 22.9 Å². The number of carbonyl (C=O) groups excluding carboxylic acids is 2. The molecule has 0 aromatic heterocycles. The van der Waals surface area contributed by atoms with Crippen LogP contribution in [0, 0.1) is 11.3 Å². The van der Waals surface area contributed by atoms with E-state index in [0.717, 1.165) is 31.0 Å². The molecule has 164 valence electrons. The lowest BCUT2D eigenvalue weighted by atomic mass is 10.00. The van der Waals surface area contributed by atoms with E-state index in [2.05, 4.69) is 5.32 Å². The average molecular weight is 447 g/mol. The van der Waals surface area contributed by atoms with Crippen LogP contribution in [0.15, 0.2) is 29.2 Å². The van der Waals surface area contributed by atoms with Gasteiger partial charge in [-0.1, -0.05) is 12.1 Å². The van der Waals surface area contributed by atoms with Gasteiger partial charge in [0.15, 0.2) is 6.61 Å². The van der Waals surface area contributed by atoms with Crippen molar-refractivity contribution >= 4 is 21.9 Å². The van der Waals surface area contributed by atoms with Crippen LogP contribution in [0.2, 0.25) is 0 Å². The second-order valence-corrected chi connectivity index (χ2v) is 8.49. The molecule has 1 amide bonds. The molecule has 1 aliphatic rings. The zero-order valence-electron chi connectivity index (χ0n) is 15.8. The lowest BCUT2D eigenvalue weighted by Gasteiger charge is -2.21. The van der Waals surface area contributed by atoms with Gasteiger partial charge in [0.25, 0.3) is 5.91 Å². The Kier molecular flexibility index (Phi) is 7.44. The molecular formula is C18H20F3N3O5S. The van der Waals surface area contributed by atoms with Gasteiger partial charge in [0.1, 0.15) is 5.54 Å². The number of nitriles is 1. The first-order valence-electron chi connectivity index (χ1n) is 9.03. The quantitative estimate of drug-likeness (QED) is 0.586. The van der Waals surface area contributed by atoms with Crippen LogP contribution in [-0.4, -0.2) is 39.0 Å². The SMILES string of the molecule is N#CC1(NC(=O)COC(=O)CCNS(=O)(=O)c2ccccc2C(F)(F)F)CCCC1. The number of halogens is 3. The predicted molar refractivity (Wildman–Crippen MR) is 97.2 cm³/mol. The third-order valence-electron chi connectivity index (χ3n) is 4.52. The fourth-order valence-electron chi connectivity index (χ4n) is 3.06.